The predicted molar refractivity (Wildman–Crippen MR) is 101 cm³/mol. The molecule has 0 saturated carbocycles. The number of rotatable bonds is 5. The first-order valence-electron chi connectivity index (χ1n) is 7.61. The van der Waals surface area contributed by atoms with E-state index in [0.717, 1.165) is 16.5 Å². The van der Waals surface area contributed by atoms with Gasteiger partial charge in [0.05, 0.1) is 13.3 Å². The molecule has 0 aliphatic rings. The Morgan fingerprint density at radius 1 is 1.20 bits per heavy atom. The number of amides is 2. The Morgan fingerprint density at radius 2 is 1.96 bits per heavy atom. The van der Waals surface area contributed by atoms with E-state index in [1.165, 1.54) is 13.3 Å². The molecule has 2 aromatic carbocycles. The Kier molecular flexibility index (Phi) is 6.71. The first kappa shape index (κ1) is 18.7. The fraction of sp³-hybridized carbons (Fsp3) is 0.167. The smallest absolute Gasteiger partial charge is 0.329 e. The van der Waals surface area contributed by atoms with Gasteiger partial charge in [0.15, 0.2) is 0 Å². The molecule has 0 unspecified atom stereocenters. The zero-order valence-electron chi connectivity index (χ0n) is 13.9. The molecule has 0 fully saturated rings. The molecule has 0 aromatic heterocycles. The lowest BCUT2D eigenvalue weighted by Gasteiger charge is -2.08. The van der Waals surface area contributed by atoms with Crippen molar-refractivity contribution in [2.75, 3.05) is 12.4 Å². The number of para-hydroxylation sites is 1. The summed E-state index contributed by atoms with van der Waals surface area (Å²) in [5.74, 6) is -1.03. The summed E-state index contributed by atoms with van der Waals surface area (Å²) in [7, 11) is 1.54. The number of halogens is 1. The number of aryl methyl sites for hydroxylation is 1. The number of hydrazone groups is 1. The molecule has 0 spiro atoms. The number of carbonyl (C=O) groups is 2. The topological polar surface area (TPSA) is 79.8 Å². The average molecular weight is 404 g/mol. The Balaban J connectivity index is 2.00. The normalized spacial score (nSPS) is 10.5. The molecule has 0 aliphatic heterocycles. The number of ether oxygens (including phenoxy) is 1. The van der Waals surface area contributed by atoms with Gasteiger partial charge in [0.2, 0.25) is 0 Å². The van der Waals surface area contributed by atoms with E-state index in [0.29, 0.717) is 17.0 Å². The van der Waals surface area contributed by atoms with Crippen LogP contribution >= 0.6 is 15.9 Å². The first-order valence-corrected chi connectivity index (χ1v) is 8.40. The van der Waals surface area contributed by atoms with E-state index < -0.39 is 11.8 Å². The molecule has 2 N–H and O–H groups in total. The number of hydrogen-bond acceptors (Lipinski definition) is 4. The van der Waals surface area contributed by atoms with Gasteiger partial charge < -0.3 is 10.1 Å². The third-order valence-corrected chi connectivity index (χ3v) is 3.91. The zero-order valence-corrected chi connectivity index (χ0v) is 15.5. The van der Waals surface area contributed by atoms with Crippen molar-refractivity contribution in [1.29, 1.82) is 0 Å². The fourth-order valence-electron chi connectivity index (χ4n) is 2.15. The SMILES string of the molecule is CCc1ccccc1NC(=O)C(=O)N/N=C\c1cc(Br)ccc1OC. The van der Waals surface area contributed by atoms with Crippen LogP contribution in [-0.2, 0) is 16.0 Å². The first-order chi connectivity index (χ1) is 12.0. The molecule has 2 aromatic rings. The number of nitrogens with zero attached hydrogens (tertiary/aromatic N) is 1. The van der Waals surface area contributed by atoms with Crippen LogP contribution in [0.2, 0.25) is 0 Å². The highest BCUT2D eigenvalue weighted by Crippen LogP contribution is 2.21. The third kappa shape index (κ3) is 5.15. The van der Waals surface area contributed by atoms with Crippen LogP contribution in [0, 0.1) is 0 Å². The van der Waals surface area contributed by atoms with Gasteiger partial charge in [0, 0.05) is 15.7 Å². The lowest BCUT2D eigenvalue weighted by atomic mass is 10.1. The second kappa shape index (κ2) is 8.98. The van der Waals surface area contributed by atoms with Crippen molar-refractivity contribution in [3.05, 3.63) is 58.1 Å². The molecule has 25 heavy (non-hydrogen) atoms. The van der Waals surface area contributed by atoms with Gasteiger partial charge in [0.25, 0.3) is 0 Å². The van der Waals surface area contributed by atoms with Crippen LogP contribution in [-0.4, -0.2) is 25.1 Å². The fourth-order valence-corrected chi connectivity index (χ4v) is 2.53. The highest BCUT2D eigenvalue weighted by atomic mass is 79.9. The molecule has 0 atom stereocenters. The number of nitrogens with one attached hydrogen (secondary N) is 2. The summed E-state index contributed by atoms with van der Waals surface area (Å²) >= 11 is 3.35. The quantitative estimate of drug-likeness (QED) is 0.457. The minimum atomic E-state index is -0.851. The van der Waals surface area contributed by atoms with Crippen molar-refractivity contribution >= 4 is 39.6 Å². The average Bonchev–Trinajstić information content (AvgIpc) is 2.62. The largest absolute Gasteiger partial charge is 0.496 e. The van der Waals surface area contributed by atoms with Crippen molar-refractivity contribution in [1.82, 2.24) is 5.43 Å². The monoisotopic (exact) mass is 403 g/mol. The van der Waals surface area contributed by atoms with Crippen LogP contribution in [0.3, 0.4) is 0 Å². The van der Waals surface area contributed by atoms with Crippen LogP contribution in [0.5, 0.6) is 5.75 Å². The van der Waals surface area contributed by atoms with Gasteiger partial charge in [-0.1, -0.05) is 41.1 Å². The molecular weight excluding hydrogens is 386 g/mol. The van der Waals surface area contributed by atoms with Gasteiger partial charge in [-0.15, -0.1) is 0 Å². The summed E-state index contributed by atoms with van der Waals surface area (Å²) in [5.41, 5.74) is 4.43. The molecule has 6 nitrogen and oxygen atoms in total. The van der Waals surface area contributed by atoms with E-state index in [9.17, 15) is 9.59 Å². The lowest BCUT2D eigenvalue weighted by Crippen LogP contribution is -2.32. The maximum absolute atomic E-state index is 12.0. The summed E-state index contributed by atoms with van der Waals surface area (Å²) in [6, 6.07) is 12.7. The third-order valence-electron chi connectivity index (χ3n) is 3.41. The van der Waals surface area contributed by atoms with Gasteiger partial charge in [0.1, 0.15) is 5.75 Å². The number of anilines is 1. The summed E-state index contributed by atoms with van der Waals surface area (Å²) in [5, 5.41) is 6.39. The summed E-state index contributed by atoms with van der Waals surface area (Å²) < 4.78 is 6.05. The van der Waals surface area contributed by atoms with Crippen LogP contribution < -0.4 is 15.5 Å². The number of carbonyl (C=O) groups excluding carboxylic acids is 2. The molecule has 7 heteroatoms. The Hall–Kier alpha value is -2.67. The summed E-state index contributed by atoms with van der Waals surface area (Å²) in [6.45, 7) is 1.97. The van der Waals surface area contributed by atoms with E-state index in [-0.39, 0.29) is 0 Å². The van der Waals surface area contributed by atoms with E-state index in [1.807, 2.05) is 25.1 Å². The van der Waals surface area contributed by atoms with Gasteiger partial charge >= 0.3 is 11.8 Å². The zero-order chi connectivity index (χ0) is 18.2. The molecule has 0 heterocycles. The van der Waals surface area contributed by atoms with Crippen LogP contribution in [0.25, 0.3) is 0 Å². The molecule has 0 saturated heterocycles. The maximum atomic E-state index is 12.0. The Labute approximate surface area is 154 Å². The molecule has 130 valence electrons. The molecule has 2 amide bonds. The minimum absolute atomic E-state index is 0.600. The van der Waals surface area contributed by atoms with E-state index in [4.69, 9.17) is 4.74 Å². The molecule has 0 bridgehead atoms. The molecule has 2 rings (SSSR count). The predicted octanol–water partition coefficient (Wildman–Crippen LogP) is 3.11. The van der Waals surface area contributed by atoms with Gasteiger partial charge in [-0.3, -0.25) is 9.59 Å². The van der Waals surface area contributed by atoms with Gasteiger partial charge in [-0.05, 0) is 36.2 Å². The summed E-state index contributed by atoms with van der Waals surface area (Å²) in [4.78, 5) is 23.9. The molecule has 0 radical (unpaired) electrons. The number of benzene rings is 2. The van der Waals surface area contributed by atoms with E-state index in [1.54, 1.807) is 24.3 Å². The summed E-state index contributed by atoms with van der Waals surface area (Å²) in [6.07, 6.45) is 2.16. The maximum Gasteiger partial charge on any atom is 0.329 e. The highest BCUT2D eigenvalue weighted by molar-refractivity contribution is 9.10. The van der Waals surface area contributed by atoms with Crippen molar-refractivity contribution < 1.29 is 14.3 Å². The second-order valence-corrected chi connectivity index (χ2v) is 5.97. The minimum Gasteiger partial charge on any atom is -0.496 e. The molecular formula is C18H18BrN3O3. The van der Waals surface area contributed by atoms with Crippen LogP contribution in [0.15, 0.2) is 52.0 Å². The number of hydrogen-bond donors (Lipinski definition) is 2. The van der Waals surface area contributed by atoms with Crippen molar-refractivity contribution in [2.24, 2.45) is 5.10 Å². The van der Waals surface area contributed by atoms with Crippen LogP contribution in [0.4, 0.5) is 5.69 Å². The highest BCUT2D eigenvalue weighted by Gasteiger charge is 2.14. The van der Waals surface area contributed by atoms with E-state index in [2.05, 4.69) is 31.8 Å². The van der Waals surface area contributed by atoms with Crippen LogP contribution in [0.1, 0.15) is 18.1 Å². The number of methoxy groups -OCH3 is 1. The second-order valence-electron chi connectivity index (χ2n) is 5.05. The van der Waals surface area contributed by atoms with Gasteiger partial charge in [-0.25, -0.2) is 5.43 Å². The van der Waals surface area contributed by atoms with Gasteiger partial charge in [-0.2, -0.15) is 5.10 Å². The lowest BCUT2D eigenvalue weighted by molar-refractivity contribution is -0.136. The van der Waals surface area contributed by atoms with Crippen molar-refractivity contribution in [3.63, 3.8) is 0 Å². The Bertz CT molecular complexity index is 806. The molecule has 0 aliphatic carbocycles. The standard InChI is InChI=1S/C18H18BrN3O3/c1-3-12-6-4-5-7-15(12)21-17(23)18(24)22-20-11-13-10-14(19)8-9-16(13)25-2/h4-11H,3H2,1-2H3,(H,21,23)(H,22,24)/b20-11-. The van der Waals surface area contributed by atoms with E-state index >= 15 is 0 Å². The van der Waals surface area contributed by atoms with Crippen molar-refractivity contribution in [2.45, 2.75) is 13.3 Å². The van der Waals surface area contributed by atoms with Crippen molar-refractivity contribution in [3.8, 4) is 5.75 Å². The Morgan fingerprint density at radius 3 is 2.68 bits per heavy atom.